The van der Waals surface area contributed by atoms with Crippen LogP contribution >= 0.6 is 10.7 Å². The summed E-state index contributed by atoms with van der Waals surface area (Å²) in [5.41, 5.74) is 0.322. The Balaban J connectivity index is 1.54. The van der Waals surface area contributed by atoms with Crippen molar-refractivity contribution in [1.29, 1.82) is 5.26 Å². The van der Waals surface area contributed by atoms with Gasteiger partial charge in [0, 0.05) is 41.1 Å². The predicted molar refractivity (Wildman–Crippen MR) is 134 cm³/mol. The lowest BCUT2D eigenvalue weighted by molar-refractivity contribution is 0.199. The van der Waals surface area contributed by atoms with E-state index in [2.05, 4.69) is 30.3 Å². The molecule has 14 heteroatoms. The van der Waals surface area contributed by atoms with Crippen LogP contribution in [-0.2, 0) is 5.54 Å². The molecule has 0 spiro atoms. The lowest BCUT2D eigenvalue weighted by Gasteiger charge is -2.51. The van der Waals surface area contributed by atoms with Crippen molar-refractivity contribution in [3.8, 4) is 23.1 Å². The molecule has 2 atom stereocenters. The van der Waals surface area contributed by atoms with Gasteiger partial charge in [-0.05, 0) is 50.1 Å². The molecule has 4 N–H and O–H groups in total. The molecular formula is C23H24FN9O3S. The number of hydrogen-bond acceptors (Lipinski definition) is 9. The van der Waals surface area contributed by atoms with Crippen molar-refractivity contribution in [2.75, 3.05) is 18.8 Å². The molecule has 0 bridgehead atoms. The topological polar surface area (TPSA) is 165 Å². The number of carbonyl (C=O) groups is 1. The standard InChI is InChI=1S/C23H24FN9O3S/c1-23(14-37(36)27-8-2-3-9-33(37)21(29-23)28-22(34)35)17-10-16(5-6-18(17)24)19-13-32(31-30-19)20-7-4-15(11-25)12-26-20/h4-7,10,12-13,27,36H,2-3,8-9,14H2,1H3,(H,28,29)(H,34,35)/t23-/m0/s1. The summed E-state index contributed by atoms with van der Waals surface area (Å²) in [5, 5.41) is 28.9. The zero-order valence-electron chi connectivity index (χ0n) is 19.8. The molecule has 1 fully saturated rings. The van der Waals surface area contributed by atoms with Crippen molar-refractivity contribution in [3.05, 3.63) is 59.7 Å². The summed E-state index contributed by atoms with van der Waals surface area (Å²) in [7, 11) is -2.70. The first-order valence-corrected chi connectivity index (χ1v) is 13.2. The SMILES string of the molecule is C[C@@]1(c2cc(-c3cn(-c4ccc(C#N)cn4)nn3)ccc2F)CS2(O)NCCCCN2C(NC(=O)O)=N1. The third-order valence-corrected chi connectivity index (χ3v) is 8.94. The van der Waals surface area contributed by atoms with Crippen LogP contribution in [0.15, 0.2) is 47.7 Å². The molecular weight excluding hydrogens is 501 g/mol. The van der Waals surface area contributed by atoms with Crippen LogP contribution in [0.25, 0.3) is 17.1 Å². The highest BCUT2D eigenvalue weighted by atomic mass is 32.3. The van der Waals surface area contributed by atoms with Gasteiger partial charge in [0.05, 0.1) is 17.5 Å². The number of aliphatic imine (C=N–C) groups is 1. The minimum Gasteiger partial charge on any atom is -0.465 e. The van der Waals surface area contributed by atoms with E-state index in [0.29, 0.717) is 35.7 Å². The Morgan fingerprint density at radius 1 is 1.32 bits per heavy atom. The number of benzene rings is 1. The Bertz CT molecular complexity index is 1420. The van der Waals surface area contributed by atoms with Gasteiger partial charge in [0.2, 0.25) is 5.96 Å². The highest BCUT2D eigenvalue weighted by molar-refractivity contribution is 8.26. The van der Waals surface area contributed by atoms with Gasteiger partial charge in [-0.3, -0.25) is 9.62 Å². The van der Waals surface area contributed by atoms with Crippen molar-refractivity contribution in [2.24, 2.45) is 4.99 Å². The number of guanidine groups is 1. The first-order chi connectivity index (χ1) is 17.7. The smallest absolute Gasteiger partial charge is 0.411 e. The summed E-state index contributed by atoms with van der Waals surface area (Å²) < 4.78 is 33.1. The van der Waals surface area contributed by atoms with Crippen LogP contribution in [0.1, 0.15) is 30.9 Å². The molecule has 3 aromatic rings. The first kappa shape index (κ1) is 24.6. The molecule has 12 nitrogen and oxygen atoms in total. The molecule has 1 unspecified atom stereocenters. The number of nitrogens with one attached hydrogen (secondary N) is 2. The van der Waals surface area contributed by atoms with Gasteiger partial charge in [-0.2, -0.15) is 5.26 Å². The molecule has 37 heavy (non-hydrogen) atoms. The van der Waals surface area contributed by atoms with Gasteiger partial charge < -0.3 is 9.66 Å². The van der Waals surface area contributed by atoms with E-state index >= 15 is 4.39 Å². The summed E-state index contributed by atoms with van der Waals surface area (Å²) in [5.74, 6) is -0.0436. The van der Waals surface area contributed by atoms with E-state index in [1.165, 1.54) is 16.9 Å². The molecule has 1 aromatic carbocycles. The Morgan fingerprint density at radius 2 is 2.16 bits per heavy atom. The lowest BCUT2D eigenvalue weighted by atomic mass is 9.92. The Morgan fingerprint density at radius 3 is 2.89 bits per heavy atom. The Labute approximate surface area is 213 Å². The van der Waals surface area contributed by atoms with Crippen LogP contribution in [0, 0.1) is 17.1 Å². The van der Waals surface area contributed by atoms with Crippen molar-refractivity contribution in [2.45, 2.75) is 25.3 Å². The van der Waals surface area contributed by atoms with Crippen LogP contribution in [-0.4, -0.2) is 64.8 Å². The van der Waals surface area contributed by atoms with E-state index in [1.54, 1.807) is 41.7 Å². The third kappa shape index (κ3) is 4.71. The summed E-state index contributed by atoms with van der Waals surface area (Å²) in [6, 6.07) is 9.70. The minimum absolute atomic E-state index is 0.0178. The highest BCUT2D eigenvalue weighted by Crippen LogP contribution is 2.54. The fraction of sp³-hybridized carbons (Fsp3) is 0.304. The van der Waals surface area contributed by atoms with E-state index < -0.39 is 28.1 Å². The van der Waals surface area contributed by atoms with Crippen molar-refractivity contribution in [1.82, 2.24) is 34.3 Å². The normalized spacial score (nSPS) is 25.1. The highest BCUT2D eigenvalue weighted by Gasteiger charge is 2.47. The van der Waals surface area contributed by atoms with E-state index in [4.69, 9.17) is 5.26 Å². The lowest BCUT2D eigenvalue weighted by Crippen LogP contribution is -2.55. The zero-order valence-corrected chi connectivity index (χ0v) is 20.6. The number of halogens is 1. The average Bonchev–Trinajstić information content (AvgIpc) is 3.27. The number of nitrogens with zero attached hydrogens (tertiary/aromatic N) is 7. The molecule has 192 valence electrons. The number of nitriles is 1. The fourth-order valence-electron chi connectivity index (χ4n) is 4.45. The zero-order chi connectivity index (χ0) is 26.2. The molecule has 4 heterocycles. The van der Waals surface area contributed by atoms with Crippen LogP contribution in [0.3, 0.4) is 0 Å². The van der Waals surface area contributed by atoms with Gasteiger partial charge in [-0.1, -0.05) is 5.21 Å². The number of aromatic nitrogens is 4. The summed E-state index contributed by atoms with van der Waals surface area (Å²) >= 11 is 0. The van der Waals surface area contributed by atoms with Crippen LogP contribution < -0.4 is 10.0 Å². The molecule has 1 amide bonds. The van der Waals surface area contributed by atoms with Crippen molar-refractivity contribution in [3.63, 3.8) is 0 Å². The molecule has 2 aliphatic heterocycles. The minimum atomic E-state index is -2.70. The van der Waals surface area contributed by atoms with Crippen molar-refractivity contribution < 1.29 is 18.8 Å². The van der Waals surface area contributed by atoms with Crippen LogP contribution in [0.5, 0.6) is 0 Å². The number of hydrogen-bond donors (Lipinski definition) is 4. The molecule has 2 aliphatic rings. The largest absolute Gasteiger partial charge is 0.465 e. The first-order valence-electron chi connectivity index (χ1n) is 11.5. The average molecular weight is 526 g/mol. The number of amides is 1. The molecule has 2 aromatic heterocycles. The number of pyridine rings is 1. The maximum Gasteiger partial charge on any atom is 0.411 e. The Hall–Kier alpha value is -4.06. The fourth-order valence-corrected chi connectivity index (χ4v) is 7.15. The monoisotopic (exact) mass is 525 g/mol. The molecule has 1 saturated heterocycles. The van der Waals surface area contributed by atoms with Gasteiger partial charge in [-0.15, -0.1) is 5.10 Å². The summed E-state index contributed by atoms with van der Waals surface area (Å²) in [6.45, 7) is 2.64. The molecule has 0 aliphatic carbocycles. The Kier molecular flexibility index (Phi) is 6.28. The number of fused-ring (bicyclic) bond motifs is 1. The second kappa shape index (κ2) is 9.43. The predicted octanol–water partition coefficient (Wildman–Crippen LogP) is 2.99. The number of rotatable bonds is 3. The van der Waals surface area contributed by atoms with Gasteiger partial charge in [0.25, 0.3) is 0 Å². The summed E-state index contributed by atoms with van der Waals surface area (Å²) in [6.07, 6.45) is 3.28. The molecule has 0 saturated carbocycles. The summed E-state index contributed by atoms with van der Waals surface area (Å²) in [4.78, 5) is 20.3. The van der Waals surface area contributed by atoms with E-state index in [9.17, 15) is 14.5 Å². The third-order valence-electron chi connectivity index (χ3n) is 6.22. The molecule has 5 rings (SSSR count). The maximum atomic E-state index is 15.3. The quantitative estimate of drug-likeness (QED) is 0.402. The van der Waals surface area contributed by atoms with Gasteiger partial charge in [0.15, 0.2) is 5.82 Å². The van der Waals surface area contributed by atoms with E-state index in [1.807, 2.05) is 6.07 Å². The second-order valence-corrected chi connectivity index (χ2v) is 11.3. The van der Waals surface area contributed by atoms with Gasteiger partial charge in [-0.25, -0.2) is 28.6 Å². The van der Waals surface area contributed by atoms with E-state index in [0.717, 1.165) is 12.8 Å². The maximum absolute atomic E-state index is 15.3. The van der Waals surface area contributed by atoms with Crippen molar-refractivity contribution >= 4 is 22.7 Å². The van der Waals surface area contributed by atoms with Crippen LogP contribution in [0.4, 0.5) is 9.18 Å². The van der Waals surface area contributed by atoms with E-state index in [-0.39, 0.29) is 17.3 Å². The van der Waals surface area contributed by atoms with Gasteiger partial charge >= 0.3 is 6.09 Å². The second-order valence-electron chi connectivity index (χ2n) is 8.91. The van der Waals surface area contributed by atoms with Gasteiger partial charge in [0.1, 0.15) is 23.1 Å². The number of carboxylic acid groups (broad SMARTS) is 1. The van der Waals surface area contributed by atoms with Crippen LogP contribution in [0.2, 0.25) is 0 Å². The molecule has 0 radical (unpaired) electrons.